The van der Waals surface area contributed by atoms with Gasteiger partial charge in [-0.05, 0) is 66.1 Å². The Balaban J connectivity index is 1.63. The molecular weight excluding hydrogens is 621 g/mol. The Hall–Kier alpha value is -8.13. The van der Waals surface area contributed by atoms with Gasteiger partial charge < -0.3 is 4.42 Å². The first-order valence-corrected chi connectivity index (χ1v) is 15.0. The van der Waals surface area contributed by atoms with Crippen molar-refractivity contribution in [3.63, 3.8) is 0 Å². The van der Waals surface area contributed by atoms with E-state index in [-0.39, 0.29) is 50.4 Å². The molecule has 0 spiro atoms. The molecule has 5 aromatic carbocycles. The SMILES string of the molecule is [C-]#[N+]c1cc(C#N)c(C(c2cc(C#N)c(-c3c4ccccc4n4c3oc3ccccc34)c([N+]#[C-])c2)c2c(C#N)cc(C)cc2[N+]#[C-])c(C#N)c1. The van der Waals surface area contributed by atoms with Crippen LogP contribution in [0.2, 0.25) is 0 Å². The average Bonchev–Trinajstić information content (AvgIpc) is 3.69. The first-order valence-electron chi connectivity index (χ1n) is 15.0. The van der Waals surface area contributed by atoms with Crippen molar-refractivity contribution in [2.45, 2.75) is 12.8 Å². The summed E-state index contributed by atoms with van der Waals surface area (Å²) in [5.74, 6) is -1.11. The van der Waals surface area contributed by atoms with Crippen molar-refractivity contribution in [2.24, 2.45) is 0 Å². The summed E-state index contributed by atoms with van der Waals surface area (Å²) in [5.41, 5.74) is 5.46. The molecule has 50 heavy (non-hydrogen) atoms. The van der Waals surface area contributed by atoms with Crippen LogP contribution in [0.3, 0.4) is 0 Å². The second-order valence-corrected chi connectivity index (χ2v) is 11.5. The van der Waals surface area contributed by atoms with E-state index in [1.807, 2.05) is 52.9 Å². The van der Waals surface area contributed by atoms with Crippen molar-refractivity contribution in [2.75, 3.05) is 0 Å². The molecule has 7 rings (SSSR count). The number of para-hydroxylation sites is 3. The number of hydrogen-bond donors (Lipinski definition) is 0. The molecule has 1 unspecified atom stereocenters. The number of benzene rings is 5. The zero-order chi connectivity index (χ0) is 35.1. The fourth-order valence-corrected chi connectivity index (χ4v) is 6.82. The van der Waals surface area contributed by atoms with Crippen molar-refractivity contribution < 1.29 is 4.42 Å². The average molecular weight is 639 g/mol. The minimum Gasteiger partial charge on any atom is -0.438 e. The zero-order valence-corrected chi connectivity index (χ0v) is 26.1. The van der Waals surface area contributed by atoms with E-state index in [1.165, 1.54) is 12.1 Å². The monoisotopic (exact) mass is 638 g/mol. The van der Waals surface area contributed by atoms with E-state index in [9.17, 15) is 21.0 Å². The molecule has 1 atom stereocenters. The number of aromatic nitrogens is 1. The molecule has 0 aliphatic heterocycles. The molecule has 0 saturated heterocycles. The van der Waals surface area contributed by atoms with Gasteiger partial charge in [0.1, 0.15) is 0 Å². The maximum atomic E-state index is 10.7. The molecule has 0 amide bonds. The fourth-order valence-electron chi connectivity index (χ4n) is 6.82. The molecule has 9 nitrogen and oxygen atoms in total. The van der Waals surface area contributed by atoms with Gasteiger partial charge in [0.15, 0.2) is 22.6 Å². The summed E-state index contributed by atoms with van der Waals surface area (Å²) in [7, 11) is 0. The highest BCUT2D eigenvalue weighted by Gasteiger charge is 2.32. The Labute approximate surface area is 286 Å². The minimum atomic E-state index is -1.11. The zero-order valence-electron chi connectivity index (χ0n) is 26.1. The van der Waals surface area contributed by atoms with Crippen LogP contribution in [0.1, 0.15) is 50.4 Å². The van der Waals surface area contributed by atoms with Crippen molar-refractivity contribution in [3.05, 3.63) is 164 Å². The van der Waals surface area contributed by atoms with E-state index in [1.54, 1.807) is 31.2 Å². The van der Waals surface area contributed by atoms with Gasteiger partial charge in [-0.2, -0.15) is 21.0 Å². The van der Waals surface area contributed by atoms with Crippen LogP contribution in [0.25, 0.3) is 53.4 Å². The highest BCUT2D eigenvalue weighted by Crippen LogP contribution is 2.49. The van der Waals surface area contributed by atoms with Crippen LogP contribution in [0.5, 0.6) is 0 Å². The van der Waals surface area contributed by atoms with E-state index in [0.29, 0.717) is 33.6 Å². The molecule has 0 aliphatic rings. The molecule has 0 bridgehead atoms. The van der Waals surface area contributed by atoms with Crippen LogP contribution in [-0.4, -0.2) is 4.40 Å². The lowest BCUT2D eigenvalue weighted by atomic mass is 9.77. The van der Waals surface area contributed by atoms with Crippen LogP contribution in [-0.2, 0) is 0 Å². The van der Waals surface area contributed by atoms with Gasteiger partial charge >= 0.3 is 0 Å². The Morgan fingerprint density at radius 3 is 1.90 bits per heavy atom. The minimum absolute atomic E-state index is 0.00481. The van der Waals surface area contributed by atoms with Crippen molar-refractivity contribution in [1.29, 1.82) is 21.0 Å². The van der Waals surface area contributed by atoms with Crippen molar-refractivity contribution in [1.82, 2.24) is 4.40 Å². The highest BCUT2D eigenvalue weighted by molar-refractivity contribution is 6.10. The molecule has 0 aliphatic carbocycles. The van der Waals surface area contributed by atoms with Gasteiger partial charge in [0, 0.05) is 44.7 Å². The van der Waals surface area contributed by atoms with Gasteiger partial charge in [0.05, 0.1) is 55.0 Å². The Morgan fingerprint density at radius 2 is 1.26 bits per heavy atom. The normalized spacial score (nSPS) is 11.1. The molecule has 9 heteroatoms. The largest absolute Gasteiger partial charge is 0.438 e. The Morgan fingerprint density at radius 1 is 0.640 bits per heavy atom. The third kappa shape index (κ3) is 4.49. The summed E-state index contributed by atoms with van der Waals surface area (Å²) < 4.78 is 8.33. The standard InChI is InChI=1S/C41H18N8O/c1-23-13-25(19-42)37(31(14-23)47-3)39(36-27(21-44)16-29(46-2)17-28(36)22-45)24-15-26(20-43)38(32(18-24)48-4)40-30-9-5-6-10-33(30)49-34-11-7-8-12-35(34)50-41(40)49/h5-18,39H,1H3. The first kappa shape index (κ1) is 30.5. The maximum absolute atomic E-state index is 10.7. The summed E-state index contributed by atoms with van der Waals surface area (Å²) in [6, 6.07) is 32.9. The fraction of sp³-hybridized carbons (Fsp3) is 0.0488. The second kappa shape index (κ2) is 11.9. The van der Waals surface area contributed by atoms with Gasteiger partial charge in [-0.1, -0.05) is 48.0 Å². The second-order valence-electron chi connectivity index (χ2n) is 11.5. The number of nitriles is 4. The predicted octanol–water partition coefficient (Wildman–Crippen LogP) is 10.1. The molecule has 2 heterocycles. The summed E-state index contributed by atoms with van der Waals surface area (Å²) in [6.07, 6.45) is 0. The van der Waals surface area contributed by atoms with Gasteiger partial charge in [-0.25, -0.2) is 14.5 Å². The lowest BCUT2D eigenvalue weighted by Crippen LogP contribution is -2.11. The van der Waals surface area contributed by atoms with Gasteiger partial charge in [0.2, 0.25) is 5.71 Å². The van der Waals surface area contributed by atoms with E-state index < -0.39 is 5.92 Å². The van der Waals surface area contributed by atoms with Crippen molar-refractivity contribution >= 4 is 44.8 Å². The summed E-state index contributed by atoms with van der Waals surface area (Å²) in [4.78, 5) is 11.1. The van der Waals surface area contributed by atoms with E-state index >= 15 is 0 Å². The molecule has 228 valence electrons. The molecular formula is C41H18N8O. The first-order chi connectivity index (χ1) is 24.4. The molecule has 0 fully saturated rings. The van der Waals surface area contributed by atoms with Crippen molar-refractivity contribution in [3.8, 4) is 35.4 Å². The van der Waals surface area contributed by atoms with E-state index in [2.05, 4.69) is 38.8 Å². The smallest absolute Gasteiger partial charge is 0.212 e. The van der Waals surface area contributed by atoms with Gasteiger partial charge in [-0.15, -0.1) is 0 Å². The number of aryl methyl sites for hydroxylation is 1. The van der Waals surface area contributed by atoms with Crippen LogP contribution >= 0.6 is 0 Å². The third-order valence-corrected chi connectivity index (χ3v) is 8.76. The summed E-state index contributed by atoms with van der Waals surface area (Å²) >= 11 is 0. The predicted molar refractivity (Wildman–Crippen MR) is 186 cm³/mol. The van der Waals surface area contributed by atoms with Crippen LogP contribution in [0, 0.1) is 72.0 Å². The van der Waals surface area contributed by atoms with Crippen LogP contribution < -0.4 is 0 Å². The maximum Gasteiger partial charge on any atom is 0.212 e. The van der Waals surface area contributed by atoms with E-state index in [4.69, 9.17) is 24.1 Å². The van der Waals surface area contributed by atoms with E-state index in [0.717, 1.165) is 16.4 Å². The molecule has 0 saturated carbocycles. The van der Waals surface area contributed by atoms with Crippen LogP contribution in [0.15, 0.2) is 89.3 Å². The molecule has 0 radical (unpaired) electrons. The van der Waals surface area contributed by atoms with Gasteiger partial charge in [0.25, 0.3) is 0 Å². The summed E-state index contributed by atoms with van der Waals surface area (Å²) in [6.45, 7) is 25.7. The Bertz CT molecular complexity index is 2820. The number of rotatable bonds is 4. The van der Waals surface area contributed by atoms with Gasteiger partial charge in [-0.3, -0.25) is 4.40 Å². The molecule has 7 aromatic rings. The lowest BCUT2D eigenvalue weighted by molar-refractivity contribution is 0.658. The lowest BCUT2D eigenvalue weighted by Gasteiger charge is -2.25. The number of fused-ring (bicyclic) bond motifs is 5. The highest BCUT2D eigenvalue weighted by atomic mass is 16.3. The molecule has 0 N–H and O–H groups in total. The topological polar surface area (TPSA) is 126 Å². The number of oxazole rings is 1. The quantitative estimate of drug-likeness (QED) is 0.140. The summed E-state index contributed by atoms with van der Waals surface area (Å²) in [5, 5.41) is 42.5. The van der Waals surface area contributed by atoms with Crippen LogP contribution in [0.4, 0.5) is 17.1 Å². The number of nitrogens with zero attached hydrogens (tertiary/aromatic N) is 8. The Kier molecular flexibility index (Phi) is 7.27. The third-order valence-electron chi connectivity index (χ3n) is 8.76. The number of hydrogen-bond acceptors (Lipinski definition) is 5. The molecule has 2 aromatic heterocycles.